The summed E-state index contributed by atoms with van der Waals surface area (Å²) in [5.74, 6) is -1.53. The Hall–Kier alpha value is -1.78. The summed E-state index contributed by atoms with van der Waals surface area (Å²) < 4.78 is 39.5. The third-order valence-corrected chi connectivity index (χ3v) is 4.11. The van der Waals surface area contributed by atoms with E-state index in [-0.39, 0.29) is 5.57 Å². The molecule has 1 unspecified atom stereocenters. The van der Waals surface area contributed by atoms with E-state index in [1.807, 2.05) is 6.92 Å². The van der Waals surface area contributed by atoms with Crippen LogP contribution in [-0.2, 0) is 4.79 Å². The highest BCUT2D eigenvalue weighted by Crippen LogP contribution is 2.53. The number of hydrogen-bond acceptors (Lipinski definition) is 2. The van der Waals surface area contributed by atoms with E-state index in [4.69, 9.17) is 0 Å². The molecule has 0 amide bonds. The topological polar surface area (TPSA) is 37.3 Å². The number of aliphatic hydroxyl groups excluding tert-OH is 1. The molecule has 0 saturated heterocycles. The standard InChI is InChI=1S/C16H17F3O2/c1-8-5-9(2)12(10(3)6-8)13-11(20)7-15(4,14(13)21)16(17,18)19/h5-6,21H,7H2,1-4H3. The van der Waals surface area contributed by atoms with Gasteiger partial charge in [-0.1, -0.05) is 17.7 Å². The van der Waals surface area contributed by atoms with Crippen LogP contribution < -0.4 is 0 Å². The Kier molecular flexibility index (Phi) is 3.43. The van der Waals surface area contributed by atoms with Crippen molar-refractivity contribution in [3.05, 3.63) is 40.1 Å². The van der Waals surface area contributed by atoms with E-state index in [0.717, 1.165) is 12.5 Å². The number of carbonyl (C=O) groups excluding carboxylic acids is 1. The van der Waals surface area contributed by atoms with Gasteiger partial charge in [-0.25, -0.2) is 0 Å². The summed E-state index contributed by atoms with van der Waals surface area (Å²) in [6.45, 7) is 6.19. The molecule has 0 aromatic heterocycles. The number of rotatable bonds is 1. The van der Waals surface area contributed by atoms with E-state index in [0.29, 0.717) is 16.7 Å². The minimum atomic E-state index is -4.67. The Morgan fingerprint density at radius 3 is 2.00 bits per heavy atom. The van der Waals surface area contributed by atoms with Crippen LogP contribution in [0.25, 0.3) is 5.57 Å². The average molecular weight is 298 g/mol. The lowest BCUT2D eigenvalue weighted by atomic mass is 9.87. The second kappa shape index (κ2) is 4.61. The van der Waals surface area contributed by atoms with Gasteiger partial charge in [-0.2, -0.15) is 13.2 Å². The fraction of sp³-hybridized carbons (Fsp3) is 0.438. The number of halogens is 3. The van der Waals surface area contributed by atoms with Gasteiger partial charge in [0, 0.05) is 6.42 Å². The number of Topliss-reactive ketones (excluding diaryl/α,β-unsaturated/α-hetero) is 1. The first-order valence-electron chi connectivity index (χ1n) is 6.61. The van der Waals surface area contributed by atoms with Crippen LogP contribution in [0, 0.1) is 26.2 Å². The van der Waals surface area contributed by atoms with Crippen molar-refractivity contribution in [3.63, 3.8) is 0 Å². The number of ketones is 1. The van der Waals surface area contributed by atoms with Crippen molar-refractivity contribution in [3.8, 4) is 0 Å². The highest BCUT2D eigenvalue weighted by Gasteiger charge is 2.60. The van der Waals surface area contributed by atoms with E-state index < -0.39 is 29.6 Å². The monoisotopic (exact) mass is 298 g/mol. The molecule has 1 aromatic carbocycles. The molecule has 2 rings (SSSR count). The van der Waals surface area contributed by atoms with Crippen molar-refractivity contribution in [2.75, 3.05) is 0 Å². The van der Waals surface area contributed by atoms with Crippen LogP contribution >= 0.6 is 0 Å². The van der Waals surface area contributed by atoms with E-state index in [2.05, 4.69) is 0 Å². The van der Waals surface area contributed by atoms with Gasteiger partial charge in [-0.3, -0.25) is 4.79 Å². The molecule has 114 valence electrons. The highest BCUT2D eigenvalue weighted by molar-refractivity contribution is 6.24. The first kappa shape index (κ1) is 15.6. The number of alkyl halides is 3. The Morgan fingerprint density at radius 2 is 1.62 bits per heavy atom. The van der Waals surface area contributed by atoms with E-state index in [9.17, 15) is 23.1 Å². The molecule has 0 heterocycles. The molecule has 5 heteroatoms. The summed E-state index contributed by atoms with van der Waals surface area (Å²) in [5, 5.41) is 10.1. The average Bonchev–Trinajstić information content (AvgIpc) is 2.51. The summed E-state index contributed by atoms with van der Waals surface area (Å²) in [7, 11) is 0. The van der Waals surface area contributed by atoms with Crippen molar-refractivity contribution in [1.29, 1.82) is 0 Å². The first-order valence-corrected chi connectivity index (χ1v) is 6.61. The molecule has 0 radical (unpaired) electrons. The lowest BCUT2D eigenvalue weighted by Gasteiger charge is -2.26. The Bertz CT molecular complexity index is 633. The summed E-state index contributed by atoms with van der Waals surface area (Å²) >= 11 is 0. The molecule has 0 fully saturated rings. The zero-order valence-electron chi connectivity index (χ0n) is 12.4. The maximum absolute atomic E-state index is 13.2. The van der Waals surface area contributed by atoms with Gasteiger partial charge in [-0.05, 0) is 44.4 Å². The van der Waals surface area contributed by atoms with Crippen LogP contribution in [0.5, 0.6) is 0 Å². The molecule has 21 heavy (non-hydrogen) atoms. The second-order valence-electron chi connectivity index (χ2n) is 5.93. The summed E-state index contributed by atoms with van der Waals surface area (Å²) in [6, 6.07) is 3.58. The van der Waals surface area contributed by atoms with E-state index in [1.165, 1.54) is 0 Å². The molecule has 1 N–H and O–H groups in total. The summed E-state index contributed by atoms with van der Waals surface area (Å²) in [5.41, 5.74) is 0.0600. The third kappa shape index (κ3) is 2.24. The molecular weight excluding hydrogens is 281 g/mol. The van der Waals surface area contributed by atoms with Crippen LogP contribution in [0.2, 0.25) is 0 Å². The van der Waals surface area contributed by atoms with Gasteiger partial charge in [0.15, 0.2) is 5.78 Å². The third-order valence-electron chi connectivity index (χ3n) is 4.11. The number of carbonyl (C=O) groups is 1. The zero-order valence-corrected chi connectivity index (χ0v) is 12.4. The summed E-state index contributed by atoms with van der Waals surface area (Å²) in [4.78, 5) is 12.1. The highest BCUT2D eigenvalue weighted by atomic mass is 19.4. The SMILES string of the molecule is Cc1cc(C)c(C2=C(O)C(C)(C(F)(F)F)CC2=O)c(C)c1. The minimum absolute atomic E-state index is 0.190. The smallest absolute Gasteiger partial charge is 0.401 e. The molecule has 0 saturated carbocycles. The van der Waals surface area contributed by atoms with E-state index >= 15 is 0 Å². The number of hydrogen-bond donors (Lipinski definition) is 1. The summed E-state index contributed by atoms with van der Waals surface area (Å²) in [6.07, 6.45) is -5.41. The number of aliphatic hydroxyl groups is 1. The van der Waals surface area contributed by atoms with Crippen molar-refractivity contribution >= 4 is 11.4 Å². The molecule has 1 aliphatic carbocycles. The second-order valence-corrected chi connectivity index (χ2v) is 5.93. The molecule has 1 aromatic rings. The molecular formula is C16H17F3O2. The largest absolute Gasteiger partial charge is 0.511 e. The van der Waals surface area contributed by atoms with Gasteiger partial charge in [0.05, 0.1) is 5.57 Å². The predicted octanol–water partition coefficient (Wildman–Crippen LogP) is 4.42. The first-order chi connectivity index (χ1) is 9.49. The normalized spacial score (nSPS) is 23.1. The Labute approximate surface area is 121 Å². The predicted molar refractivity (Wildman–Crippen MR) is 74.0 cm³/mol. The zero-order chi connectivity index (χ0) is 16.2. The van der Waals surface area contributed by atoms with Gasteiger partial charge in [-0.15, -0.1) is 0 Å². The van der Waals surface area contributed by atoms with Gasteiger partial charge in [0.25, 0.3) is 0 Å². The molecule has 0 aliphatic heterocycles. The van der Waals surface area contributed by atoms with Crippen molar-refractivity contribution in [2.45, 2.75) is 40.3 Å². The Morgan fingerprint density at radius 1 is 1.14 bits per heavy atom. The number of aryl methyl sites for hydroxylation is 3. The number of benzene rings is 1. The maximum Gasteiger partial charge on any atom is 0.401 e. The van der Waals surface area contributed by atoms with Gasteiger partial charge in [0.2, 0.25) is 0 Å². The molecule has 0 spiro atoms. The van der Waals surface area contributed by atoms with E-state index in [1.54, 1.807) is 26.0 Å². The van der Waals surface area contributed by atoms with Crippen LogP contribution in [-0.4, -0.2) is 17.1 Å². The van der Waals surface area contributed by atoms with Gasteiger partial charge >= 0.3 is 6.18 Å². The van der Waals surface area contributed by atoms with Crippen molar-refractivity contribution in [1.82, 2.24) is 0 Å². The lowest BCUT2D eigenvalue weighted by Crippen LogP contribution is -2.35. The fourth-order valence-corrected chi connectivity index (χ4v) is 2.97. The minimum Gasteiger partial charge on any atom is -0.511 e. The molecule has 1 aliphatic rings. The fourth-order valence-electron chi connectivity index (χ4n) is 2.97. The van der Waals surface area contributed by atoms with Crippen molar-refractivity contribution in [2.24, 2.45) is 5.41 Å². The van der Waals surface area contributed by atoms with Gasteiger partial charge in [0.1, 0.15) is 11.2 Å². The van der Waals surface area contributed by atoms with Crippen LogP contribution in [0.3, 0.4) is 0 Å². The van der Waals surface area contributed by atoms with Crippen molar-refractivity contribution < 1.29 is 23.1 Å². The molecule has 2 nitrogen and oxygen atoms in total. The Balaban J connectivity index is 2.72. The lowest BCUT2D eigenvalue weighted by molar-refractivity contribution is -0.211. The van der Waals surface area contributed by atoms with Gasteiger partial charge < -0.3 is 5.11 Å². The molecule has 1 atom stereocenters. The van der Waals surface area contributed by atoms with Crippen LogP contribution in [0.15, 0.2) is 17.9 Å². The maximum atomic E-state index is 13.2. The quantitative estimate of drug-likeness (QED) is 0.833. The van der Waals surface area contributed by atoms with Crippen LogP contribution in [0.4, 0.5) is 13.2 Å². The van der Waals surface area contributed by atoms with Crippen LogP contribution in [0.1, 0.15) is 35.6 Å². The number of allylic oxidation sites excluding steroid dienone is 2. The molecule has 0 bridgehead atoms.